The summed E-state index contributed by atoms with van der Waals surface area (Å²) in [6.07, 6.45) is 2.80. The molecule has 0 aliphatic heterocycles. The second-order valence-corrected chi connectivity index (χ2v) is 4.14. The lowest BCUT2D eigenvalue weighted by Crippen LogP contribution is -2.08. The molecule has 0 saturated heterocycles. The number of esters is 1. The van der Waals surface area contributed by atoms with Gasteiger partial charge < -0.3 is 15.2 Å². The highest BCUT2D eigenvalue weighted by atomic mass is 16.5. The highest BCUT2D eigenvalue weighted by Gasteiger charge is 2.08. The highest BCUT2D eigenvalue weighted by Crippen LogP contribution is 2.08. The number of anilines is 1. The summed E-state index contributed by atoms with van der Waals surface area (Å²) in [7, 11) is 1.27. The Hall–Kier alpha value is -2.96. The topological polar surface area (TPSA) is 101 Å². The Labute approximate surface area is 120 Å². The first-order valence-corrected chi connectivity index (χ1v) is 6.06. The van der Waals surface area contributed by atoms with Crippen molar-refractivity contribution in [1.82, 2.24) is 9.97 Å². The van der Waals surface area contributed by atoms with Gasteiger partial charge >= 0.3 is 11.9 Å². The number of hydrogen-bond acceptors (Lipinski definition) is 6. The number of carbonyl (C=O) groups excluding carboxylic acids is 1. The summed E-state index contributed by atoms with van der Waals surface area (Å²) in [5.74, 6) is -1.09. The number of aromatic carboxylic acids is 1. The zero-order valence-electron chi connectivity index (χ0n) is 11.2. The van der Waals surface area contributed by atoms with Gasteiger partial charge in [-0.2, -0.15) is 0 Å². The van der Waals surface area contributed by atoms with Gasteiger partial charge in [0.05, 0.1) is 25.1 Å². The fourth-order valence-electron chi connectivity index (χ4n) is 1.61. The summed E-state index contributed by atoms with van der Waals surface area (Å²) in [6, 6.07) is 6.45. The average molecular weight is 287 g/mol. The van der Waals surface area contributed by atoms with E-state index in [0.717, 1.165) is 5.56 Å². The highest BCUT2D eigenvalue weighted by molar-refractivity contribution is 5.87. The number of hydrogen-bond donors (Lipinski definition) is 2. The molecule has 7 heteroatoms. The van der Waals surface area contributed by atoms with Crippen LogP contribution in [0.15, 0.2) is 36.7 Å². The van der Waals surface area contributed by atoms with Crippen molar-refractivity contribution in [2.24, 2.45) is 0 Å². The van der Waals surface area contributed by atoms with Gasteiger partial charge in [0.15, 0.2) is 5.69 Å². The number of methoxy groups -OCH3 is 1. The molecule has 1 aromatic carbocycles. The van der Waals surface area contributed by atoms with Crippen molar-refractivity contribution in [3.8, 4) is 0 Å². The minimum atomic E-state index is -0.967. The maximum atomic E-state index is 11.3. The molecule has 7 nitrogen and oxygen atoms in total. The molecule has 0 amide bonds. The molecule has 0 aliphatic carbocycles. The van der Waals surface area contributed by atoms with Crippen LogP contribution < -0.4 is 5.32 Å². The van der Waals surface area contributed by atoms with Crippen LogP contribution in [0.3, 0.4) is 0 Å². The van der Waals surface area contributed by atoms with E-state index >= 15 is 0 Å². The van der Waals surface area contributed by atoms with Crippen molar-refractivity contribution in [3.05, 3.63) is 53.5 Å². The van der Waals surface area contributed by atoms with Gasteiger partial charge in [-0.1, -0.05) is 12.1 Å². The third-order valence-electron chi connectivity index (χ3n) is 2.70. The summed E-state index contributed by atoms with van der Waals surface area (Å²) in [4.78, 5) is 30.0. The number of carboxylic acid groups (broad SMARTS) is 1. The molecule has 2 rings (SSSR count). The number of benzene rings is 1. The molecule has 0 radical (unpaired) electrons. The molecule has 1 heterocycles. The van der Waals surface area contributed by atoms with Crippen LogP contribution in [0.25, 0.3) is 0 Å². The zero-order chi connectivity index (χ0) is 15.2. The van der Waals surface area contributed by atoms with Crippen molar-refractivity contribution >= 4 is 17.8 Å². The van der Waals surface area contributed by atoms with Crippen molar-refractivity contribution in [3.63, 3.8) is 0 Å². The van der Waals surface area contributed by atoms with E-state index in [0.29, 0.717) is 12.4 Å². The Kier molecular flexibility index (Phi) is 4.45. The summed E-state index contributed by atoms with van der Waals surface area (Å²) in [5, 5.41) is 11.8. The van der Waals surface area contributed by atoms with Crippen LogP contribution in [-0.4, -0.2) is 34.1 Å². The Balaban J connectivity index is 2.02. The molecule has 0 saturated carbocycles. The molecule has 1 aromatic heterocycles. The van der Waals surface area contributed by atoms with Crippen LogP contribution in [0.5, 0.6) is 0 Å². The largest absolute Gasteiger partial charge is 0.478 e. The lowest BCUT2D eigenvalue weighted by molar-refractivity contribution is 0.0592. The number of nitrogens with one attached hydrogen (secondary N) is 1. The molecule has 0 unspecified atom stereocenters. The van der Waals surface area contributed by atoms with E-state index in [1.165, 1.54) is 31.6 Å². The summed E-state index contributed by atoms with van der Waals surface area (Å²) >= 11 is 0. The molecular weight excluding hydrogens is 274 g/mol. The second-order valence-electron chi connectivity index (χ2n) is 4.14. The van der Waals surface area contributed by atoms with Crippen molar-refractivity contribution < 1.29 is 19.4 Å². The van der Waals surface area contributed by atoms with Gasteiger partial charge in [-0.3, -0.25) is 4.98 Å². The maximum Gasteiger partial charge on any atom is 0.358 e. The lowest BCUT2D eigenvalue weighted by Gasteiger charge is -2.06. The first-order chi connectivity index (χ1) is 10.1. The molecule has 0 spiro atoms. The standard InChI is InChI=1S/C14H13N3O4/c1-21-14(20)11-7-15-8-12(17-11)16-6-9-2-4-10(5-3-9)13(18)19/h2-5,7-8H,6H2,1H3,(H,16,17)(H,18,19). The molecule has 2 N–H and O–H groups in total. The van der Waals surface area contributed by atoms with Gasteiger partial charge in [0, 0.05) is 6.54 Å². The number of nitrogens with zero attached hydrogens (tertiary/aromatic N) is 2. The number of ether oxygens (including phenoxy) is 1. The van der Waals surface area contributed by atoms with Gasteiger partial charge in [0.2, 0.25) is 0 Å². The molecule has 0 bridgehead atoms. The zero-order valence-corrected chi connectivity index (χ0v) is 11.2. The van der Waals surface area contributed by atoms with E-state index in [-0.39, 0.29) is 11.3 Å². The average Bonchev–Trinajstić information content (AvgIpc) is 2.52. The van der Waals surface area contributed by atoms with Crippen molar-refractivity contribution in [1.29, 1.82) is 0 Å². The number of carboxylic acids is 1. The van der Waals surface area contributed by atoms with E-state index in [4.69, 9.17) is 5.11 Å². The van der Waals surface area contributed by atoms with Crippen LogP contribution in [0.2, 0.25) is 0 Å². The second kappa shape index (κ2) is 6.47. The number of rotatable bonds is 5. The first-order valence-electron chi connectivity index (χ1n) is 6.06. The molecule has 0 aliphatic rings. The Bertz CT molecular complexity index is 656. The van der Waals surface area contributed by atoms with E-state index < -0.39 is 11.9 Å². The van der Waals surface area contributed by atoms with Gasteiger partial charge in [0.25, 0.3) is 0 Å². The van der Waals surface area contributed by atoms with Gasteiger partial charge in [-0.15, -0.1) is 0 Å². The number of aromatic nitrogens is 2. The monoisotopic (exact) mass is 287 g/mol. The van der Waals surface area contributed by atoms with Gasteiger partial charge in [-0.25, -0.2) is 14.6 Å². The molecule has 2 aromatic rings. The van der Waals surface area contributed by atoms with Crippen molar-refractivity contribution in [2.45, 2.75) is 6.54 Å². The van der Waals surface area contributed by atoms with E-state index in [1.54, 1.807) is 12.1 Å². The SMILES string of the molecule is COC(=O)c1cncc(NCc2ccc(C(=O)O)cc2)n1. The van der Waals surface area contributed by atoms with Gasteiger partial charge in [-0.05, 0) is 17.7 Å². The van der Waals surface area contributed by atoms with Crippen LogP contribution >= 0.6 is 0 Å². The van der Waals surface area contributed by atoms with E-state index in [9.17, 15) is 9.59 Å². The normalized spacial score (nSPS) is 9.95. The van der Waals surface area contributed by atoms with Crippen LogP contribution in [-0.2, 0) is 11.3 Å². The molecule has 0 atom stereocenters. The lowest BCUT2D eigenvalue weighted by atomic mass is 10.1. The quantitative estimate of drug-likeness (QED) is 0.805. The van der Waals surface area contributed by atoms with E-state index in [1.807, 2.05) is 0 Å². The predicted molar refractivity (Wildman–Crippen MR) is 74.1 cm³/mol. The minimum Gasteiger partial charge on any atom is -0.478 e. The fourth-order valence-corrected chi connectivity index (χ4v) is 1.61. The van der Waals surface area contributed by atoms with Crippen LogP contribution in [0.4, 0.5) is 5.82 Å². The molecular formula is C14H13N3O4. The smallest absolute Gasteiger partial charge is 0.358 e. The molecule has 0 fully saturated rings. The van der Waals surface area contributed by atoms with Crippen molar-refractivity contribution in [2.75, 3.05) is 12.4 Å². The fraction of sp³-hybridized carbons (Fsp3) is 0.143. The minimum absolute atomic E-state index is 0.115. The Morgan fingerprint density at radius 3 is 2.57 bits per heavy atom. The third-order valence-corrected chi connectivity index (χ3v) is 2.70. The third kappa shape index (κ3) is 3.75. The summed E-state index contributed by atoms with van der Waals surface area (Å²) < 4.78 is 4.56. The summed E-state index contributed by atoms with van der Waals surface area (Å²) in [5.41, 5.74) is 1.22. The Morgan fingerprint density at radius 2 is 1.95 bits per heavy atom. The first kappa shape index (κ1) is 14.4. The van der Waals surface area contributed by atoms with Crippen LogP contribution in [0.1, 0.15) is 26.4 Å². The van der Waals surface area contributed by atoms with E-state index in [2.05, 4.69) is 20.0 Å². The van der Waals surface area contributed by atoms with Crippen LogP contribution in [0, 0.1) is 0 Å². The number of carbonyl (C=O) groups is 2. The molecule has 21 heavy (non-hydrogen) atoms. The summed E-state index contributed by atoms with van der Waals surface area (Å²) in [6.45, 7) is 0.430. The van der Waals surface area contributed by atoms with Gasteiger partial charge in [0.1, 0.15) is 5.82 Å². The Morgan fingerprint density at radius 1 is 1.24 bits per heavy atom. The molecule has 108 valence electrons. The predicted octanol–water partition coefficient (Wildman–Crippen LogP) is 1.57. The maximum absolute atomic E-state index is 11.3.